The number of nitrogens with one attached hydrogen (secondary N) is 2. The van der Waals surface area contributed by atoms with Gasteiger partial charge >= 0.3 is 0 Å². The Hall–Kier alpha value is -1.18. The van der Waals surface area contributed by atoms with E-state index in [2.05, 4.69) is 20.1 Å². The van der Waals surface area contributed by atoms with E-state index in [-0.39, 0.29) is 0 Å². The molecule has 1 aliphatic rings. The van der Waals surface area contributed by atoms with Crippen LogP contribution in [0, 0.1) is 0 Å². The van der Waals surface area contributed by atoms with Crippen molar-refractivity contribution in [2.45, 2.75) is 19.3 Å². The van der Waals surface area contributed by atoms with Gasteiger partial charge in [0.05, 0.1) is 17.6 Å². The van der Waals surface area contributed by atoms with E-state index in [1.54, 1.807) is 12.3 Å². The Balaban J connectivity index is 2.05. The third-order valence-corrected chi connectivity index (χ3v) is 3.04. The SMILES string of the molecule is O=S([O-])Nc1cnccc1NN1CCCCC1. The lowest BCUT2D eigenvalue weighted by atomic mass is 10.2. The van der Waals surface area contributed by atoms with Crippen LogP contribution in [0.1, 0.15) is 19.3 Å². The summed E-state index contributed by atoms with van der Waals surface area (Å²) >= 11 is -2.33. The van der Waals surface area contributed by atoms with E-state index in [1.807, 2.05) is 0 Å². The van der Waals surface area contributed by atoms with Crippen molar-refractivity contribution in [1.29, 1.82) is 0 Å². The van der Waals surface area contributed by atoms with Crippen LogP contribution in [0.2, 0.25) is 0 Å². The van der Waals surface area contributed by atoms with E-state index in [9.17, 15) is 8.76 Å². The molecule has 0 radical (unpaired) electrons. The van der Waals surface area contributed by atoms with Gasteiger partial charge in [-0.25, -0.2) is 5.01 Å². The molecule has 0 aromatic carbocycles. The fourth-order valence-electron chi connectivity index (χ4n) is 1.84. The highest BCUT2D eigenvalue weighted by molar-refractivity contribution is 7.80. The minimum absolute atomic E-state index is 0.464. The molecule has 0 aliphatic carbocycles. The maximum absolute atomic E-state index is 10.6. The van der Waals surface area contributed by atoms with Crippen molar-refractivity contribution in [3.05, 3.63) is 18.5 Å². The molecule has 6 nitrogen and oxygen atoms in total. The molecule has 1 atom stereocenters. The topological polar surface area (TPSA) is 80.3 Å². The first-order valence-corrected chi connectivity index (χ1v) is 6.65. The molecular formula is C10H15N4O2S-. The standard InChI is InChI=1S/C10H16N4O2S/c15-17(16)13-10-8-11-5-4-9(10)12-14-6-2-1-3-7-14/h4-5,8,13H,1-3,6-7H2,(H,11,12)(H,15,16)/p-1. The van der Waals surface area contributed by atoms with Crippen molar-refractivity contribution >= 4 is 22.6 Å². The number of piperidine rings is 1. The quantitative estimate of drug-likeness (QED) is 0.787. The van der Waals surface area contributed by atoms with Gasteiger partial charge in [0.1, 0.15) is 0 Å². The highest BCUT2D eigenvalue weighted by Crippen LogP contribution is 2.21. The maximum atomic E-state index is 10.6. The van der Waals surface area contributed by atoms with Crippen molar-refractivity contribution in [3.8, 4) is 0 Å². The molecular weight excluding hydrogens is 240 g/mol. The van der Waals surface area contributed by atoms with Gasteiger partial charge in [0.15, 0.2) is 0 Å². The van der Waals surface area contributed by atoms with E-state index in [0.717, 1.165) is 31.6 Å². The number of anilines is 2. The summed E-state index contributed by atoms with van der Waals surface area (Å²) in [5, 5.41) is 2.09. The van der Waals surface area contributed by atoms with Gasteiger partial charge in [-0.15, -0.1) is 0 Å². The first kappa shape index (κ1) is 12.3. The normalized spacial score (nSPS) is 18.6. The number of pyridine rings is 1. The van der Waals surface area contributed by atoms with E-state index >= 15 is 0 Å². The van der Waals surface area contributed by atoms with Gasteiger partial charge in [-0.1, -0.05) is 6.42 Å². The highest BCUT2D eigenvalue weighted by atomic mass is 32.2. The first-order valence-electron chi connectivity index (χ1n) is 5.57. The van der Waals surface area contributed by atoms with Crippen LogP contribution in [-0.2, 0) is 11.3 Å². The fourth-order valence-corrected chi connectivity index (χ4v) is 2.18. The van der Waals surface area contributed by atoms with Crippen LogP contribution >= 0.6 is 0 Å². The van der Waals surface area contributed by atoms with Gasteiger partial charge in [-0.3, -0.25) is 9.19 Å². The van der Waals surface area contributed by atoms with E-state index < -0.39 is 11.3 Å². The number of rotatable bonds is 4. The van der Waals surface area contributed by atoms with Crippen molar-refractivity contribution in [1.82, 2.24) is 9.99 Å². The van der Waals surface area contributed by atoms with Gasteiger partial charge in [0.25, 0.3) is 0 Å². The molecule has 0 spiro atoms. The summed E-state index contributed by atoms with van der Waals surface area (Å²) in [4.78, 5) is 3.90. The largest absolute Gasteiger partial charge is 0.755 e. The Morgan fingerprint density at radius 1 is 1.29 bits per heavy atom. The van der Waals surface area contributed by atoms with Gasteiger partial charge in [0, 0.05) is 30.6 Å². The molecule has 1 aromatic rings. The van der Waals surface area contributed by atoms with Crippen LogP contribution in [0.3, 0.4) is 0 Å². The van der Waals surface area contributed by atoms with Crippen LogP contribution < -0.4 is 10.1 Å². The van der Waals surface area contributed by atoms with Gasteiger partial charge in [0.2, 0.25) is 0 Å². The number of hydrazine groups is 1. The molecule has 94 valence electrons. The Bertz CT molecular complexity index is 396. The lowest BCUT2D eigenvalue weighted by Crippen LogP contribution is -2.35. The summed E-state index contributed by atoms with van der Waals surface area (Å²) in [6.45, 7) is 1.95. The zero-order valence-electron chi connectivity index (χ0n) is 9.39. The zero-order chi connectivity index (χ0) is 12.1. The fraction of sp³-hybridized carbons (Fsp3) is 0.500. The second-order valence-electron chi connectivity index (χ2n) is 3.92. The van der Waals surface area contributed by atoms with Crippen LogP contribution in [0.15, 0.2) is 18.5 Å². The smallest absolute Gasteiger partial charge is 0.0884 e. The number of hydrogen-bond acceptors (Lipinski definition) is 5. The average molecular weight is 255 g/mol. The second-order valence-corrected chi connectivity index (χ2v) is 4.59. The zero-order valence-corrected chi connectivity index (χ0v) is 10.2. The third-order valence-electron chi connectivity index (χ3n) is 2.65. The summed E-state index contributed by atoms with van der Waals surface area (Å²) in [5.74, 6) is 0. The molecule has 1 unspecified atom stereocenters. The number of nitrogens with zero attached hydrogens (tertiary/aromatic N) is 2. The molecule has 1 saturated heterocycles. The molecule has 2 heterocycles. The van der Waals surface area contributed by atoms with Crippen molar-refractivity contribution < 1.29 is 8.76 Å². The summed E-state index contributed by atoms with van der Waals surface area (Å²) in [5.41, 5.74) is 4.40. The molecule has 0 bridgehead atoms. The predicted molar refractivity (Wildman–Crippen MR) is 65.8 cm³/mol. The molecule has 17 heavy (non-hydrogen) atoms. The third kappa shape index (κ3) is 3.65. The second kappa shape index (κ2) is 5.95. The summed E-state index contributed by atoms with van der Waals surface area (Å²) < 4.78 is 23.6. The van der Waals surface area contributed by atoms with E-state index in [4.69, 9.17) is 0 Å². The Labute approximate surface area is 103 Å². The van der Waals surface area contributed by atoms with Crippen LogP contribution in [0.5, 0.6) is 0 Å². The maximum Gasteiger partial charge on any atom is 0.0884 e. The van der Waals surface area contributed by atoms with E-state index in [0.29, 0.717) is 5.69 Å². The van der Waals surface area contributed by atoms with Crippen molar-refractivity contribution in [2.24, 2.45) is 0 Å². The lowest BCUT2D eigenvalue weighted by molar-refractivity contribution is 0.273. The molecule has 1 fully saturated rings. The summed E-state index contributed by atoms with van der Waals surface area (Å²) in [6.07, 6.45) is 6.69. The van der Waals surface area contributed by atoms with Crippen LogP contribution in [0.25, 0.3) is 0 Å². The monoisotopic (exact) mass is 255 g/mol. The molecule has 2 N–H and O–H groups in total. The molecule has 1 aromatic heterocycles. The molecule has 1 aliphatic heterocycles. The molecule has 7 heteroatoms. The molecule has 0 amide bonds. The summed E-state index contributed by atoms with van der Waals surface area (Å²) in [7, 11) is 0. The van der Waals surface area contributed by atoms with Crippen molar-refractivity contribution in [3.63, 3.8) is 0 Å². The highest BCUT2D eigenvalue weighted by Gasteiger charge is 2.11. The van der Waals surface area contributed by atoms with Crippen LogP contribution in [0.4, 0.5) is 11.4 Å². The lowest BCUT2D eigenvalue weighted by Gasteiger charge is -2.28. The van der Waals surface area contributed by atoms with Crippen molar-refractivity contribution in [2.75, 3.05) is 23.2 Å². The Morgan fingerprint density at radius 2 is 2.06 bits per heavy atom. The minimum atomic E-state index is -2.33. The van der Waals surface area contributed by atoms with Gasteiger partial charge in [-0.05, 0) is 18.9 Å². The Kier molecular flexibility index (Phi) is 4.29. The minimum Gasteiger partial charge on any atom is -0.755 e. The average Bonchev–Trinajstić information content (AvgIpc) is 2.32. The summed E-state index contributed by atoms with van der Waals surface area (Å²) in [6, 6.07) is 1.75. The van der Waals surface area contributed by atoms with Gasteiger partial charge < -0.3 is 14.7 Å². The van der Waals surface area contributed by atoms with Gasteiger partial charge in [-0.2, -0.15) is 0 Å². The van der Waals surface area contributed by atoms with E-state index in [1.165, 1.54) is 12.6 Å². The first-order chi connectivity index (χ1) is 8.25. The Morgan fingerprint density at radius 3 is 2.76 bits per heavy atom. The van der Waals surface area contributed by atoms with Crippen LogP contribution in [-0.4, -0.2) is 31.8 Å². The number of hydrogen-bond donors (Lipinski definition) is 2. The number of aromatic nitrogens is 1. The predicted octanol–water partition coefficient (Wildman–Crippen LogP) is 1.10. The molecule has 2 rings (SSSR count). The molecule has 0 saturated carbocycles.